The van der Waals surface area contributed by atoms with Crippen LogP contribution in [0.4, 0.5) is 11.4 Å². The highest BCUT2D eigenvalue weighted by atomic mass is 32.2. The first-order valence-corrected chi connectivity index (χ1v) is 13.5. The number of amides is 2. The van der Waals surface area contributed by atoms with E-state index in [1.54, 1.807) is 23.1 Å². The Bertz CT molecular complexity index is 1200. The van der Waals surface area contributed by atoms with Gasteiger partial charge in [-0.1, -0.05) is 12.1 Å². The Labute approximate surface area is 207 Å². The van der Waals surface area contributed by atoms with Gasteiger partial charge in [-0.2, -0.15) is 4.31 Å². The summed E-state index contributed by atoms with van der Waals surface area (Å²) in [4.78, 5) is 28.6. The van der Waals surface area contributed by atoms with E-state index in [1.165, 1.54) is 11.2 Å². The van der Waals surface area contributed by atoms with Crippen LogP contribution in [0.25, 0.3) is 0 Å². The number of carbonyl (C=O) groups excluding carboxylic acids is 2. The number of fused-ring (bicyclic) bond motifs is 1. The number of sulfonamides is 1. The minimum atomic E-state index is -3.66. The van der Waals surface area contributed by atoms with E-state index in [1.807, 2.05) is 50.2 Å². The van der Waals surface area contributed by atoms with Crippen LogP contribution in [-0.2, 0) is 32.6 Å². The first kappa shape index (κ1) is 25.2. The molecule has 2 aliphatic heterocycles. The highest BCUT2D eigenvalue weighted by molar-refractivity contribution is 7.89. The molecule has 188 valence electrons. The summed E-state index contributed by atoms with van der Waals surface area (Å²) in [6.07, 6.45) is 1.62. The van der Waals surface area contributed by atoms with Crippen LogP contribution in [0.5, 0.6) is 0 Å². The van der Waals surface area contributed by atoms with Gasteiger partial charge in [-0.15, -0.1) is 0 Å². The Kier molecular flexibility index (Phi) is 7.19. The van der Waals surface area contributed by atoms with Crippen molar-refractivity contribution < 1.29 is 18.0 Å². The maximum atomic E-state index is 13.3. The van der Waals surface area contributed by atoms with E-state index in [-0.39, 0.29) is 28.7 Å². The second-order valence-corrected chi connectivity index (χ2v) is 11.6. The Hall–Kier alpha value is -2.91. The molecule has 2 amide bonds. The Morgan fingerprint density at radius 1 is 1.06 bits per heavy atom. The van der Waals surface area contributed by atoms with Gasteiger partial charge in [0.25, 0.3) is 0 Å². The molecular weight excluding hydrogens is 464 g/mol. The summed E-state index contributed by atoms with van der Waals surface area (Å²) in [5.41, 5.74) is 3.79. The van der Waals surface area contributed by atoms with Crippen molar-refractivity contribution in [3.8, 4) is 0 Å². The lowest BCUT2D eigenvalue weighted by atomic mass is 9.97. The molecule has 2 aromatic carbocycles. The second-order valence-electron chi connectivity index (χ2n) is 9.69. The third-order valence-electron chi connectivity index (χ3n) is 6.99. The molecule has 8 nitrogen and oxygen atoms in total. The van der Waals surface area contributed by atoms with E-state index < -0.39 is 10.0 Å². The summed E-state index contributed by atoms with van der Waals surface area (Å²) in [5.74, 6) is -0.278. The van der Waals surface area contributed by atoms with Crippen molar-refractivity contribution in [2.75, 3.05) is 37.0 Å². The number of rotatable bonds is 6. The summed E-state index contributed by atoms with van der Waals surface area (Å²) < 4.78 is 28.0. The van der Waals surface area contributed by atoms with E-state index in [4.69, 9.17) is 0 Å². The van der Waals surface area contributed by atoms with Crippen LogP contribution in [-0.4, -0.2) is 57.8 Å². The number of nitrogens with zero attached hydrogens (tertiary/aromatic N) is 3. The van der Waals surface area contributed by atoms with E-state index in [9.17, 15) is 18.0 Å². The highest BCUT2D eigenvalue weighted by Crippen LogP contribution is 2.35. The topological polar surface area (TPSA) is 90.0 Å². The van der Waals surface area contributed by atoms with Gasteiger partial charge in [0.2, 0.25) is 21.8 Å². The number of nitrogens with one attached hydrogen (secondary N) is 1. The predicted octanol–water partition coefficient (Wildman–Crippen LogP) is 2.77. The average molecular weight is 499 g/mol. The summed E-state index contributed by atoms with van der Waals surface area (Å²) >= 11 is 0. The maximum absolute atomic E-state index is 13.3. The molecule has 2 heterocycles. The Balaban J connectivity index is 1.34. The molecule has 4 rings (SSSR count). The first-order valence-electron chi connectivity index (χ1n) is 12.0. The zero-order chi connectivity index (χ0) is 25.3. The smallest absolute Gasteiger partial charge is 0.243 e. The summed E-state index contributed by atoms with van der Waals surface area (Å²) in [5, 5.41) is 3.00. The number of hydrogen-bond acceptors (Lipinski definition) is 5. The van der Waals surface area contributed by atoms with Crippen LogP contribution in [0.1, 0.15) is 37.8 Å². The number of carbonyl (C=O) groups is 2. The lowest BCUT2D eigenvalue weighted by Gasteiger charge is -2.30. The number of piperidine rings is 1. The third kappa shape index (κ3) is 5.21. The van der Waals surface area contributed by atoms with Crippen molar-refractivity contribution in [2.24, 2.45) is 5.92 Å². The molecule has 2 aromatic rings. The van der Waals surface area contributed by atoms with Crippen LogP contribution in [0, 0.1) is 5.92 Å². The van der Waals surface area contributed by atoms with Crippen LogP contribution >= 0.6 is 0 Å². The van der Waals surface area contributed by atoms with Crippen molar-refractivity contribution in [2.45, 2.75) is 50.6 Å². The number of anilines is 2. The fourth-order valence-electron chi connectivity index (χ4n) is 5.00. The standard InChI is InChI=1S/C26H34N4O4S/c1-18-15-22-16-24(9-10-25(22)30(18)19(2)31)35(33,34)29-13-11-21(12-14-29)26(32)27-17-20-5-7-23(8-6-20)28(3)4/h5-10,16,18,21H,11-15,17H2,1-4H3,(H,27,32)/t18-/m1/s1. The lowest BCUT2D eigenvalue weighted by Crippen LogP contribution is -2.42. The normalized spacial score (nSPS) is 18.9. The zero-order valence-electron chi connectivity index (χ0n) is 20.8. The molecule has 0 aliphatic carbocycles. The van der Waals surface area contributed by atoms with Crippen LogP contribution < -0.4 is 15.1 Å². The van der Waals surface area contributed by atoms with E-state index in [0.717, 1.165) is 22.5 Å². The van der Waals surface area contributed by atoms with Gasteiger partial charge in [0.05, 0.1) is 4.90 Å². The monoisotopic (exact) mass is 498 g/mol. The molecule has 1 saturated heterocycles. The summed E-state index contributed by atoms with van der Waals surface area (Å²) in [7, 11) is 0.304. The molecule has 1 fully saturated rings. The molecule has 0 radical (unpaired) electrons. The van der Waals surface area contributed by atoms with Gasteiger partial charge in [-0.05, 0) is 67.6 Å². The molecular formula is C26H34N4O4S. The van der Waals surface area contributed by atoms with Crippen molar-refractivity contribution in [3.05, 3.63) is 53.6 Å². The SMILES string of the molecule is CC(=O)N1c2ccc(S(=O)(=O)N3CCC(C(=O)NCc4ccc(N(C)C)cc4)CC3)cc2C[C@H]1C. The molecule has 0 unspecified atom stereocenters. The Morgan fingerprint density at radius 3 is 2.31 bits per heavy atom. The molecule has 0 aromatic heterocycles. The highest BCUT2D eigenvalue weighted by Gasteiger charge is 2.34. The minimum Gasteiger partial charge on any atom is -0.378 e. The van der Waals surface area contributed by atoms with Gasteiger partial charge < -0.3 is 15.1 Å². The third-order valence-corrected chi connectivity index (χ3v) is 8.88. The quantitative estimate of drug-likeness (QED) is 0.662. The van der Waals surface area contributed by atoms with Gasteiger partial charge >= 0.3 is 0 Å². The molecule has 1 N–H and O–H groups in total. The lowest BCUT2D eigenvalue weighted by molar-refractivity contribution is -0.126. The van der Waals surface area contributed by atoms with Crippen molar-refractivity contribution in [1.29, 1.82) is 0 Å². The van der Waals surface area contributed by atoms with Crippen molar-refractivity contribution >= 4 is 33.2 Å². The fourth-order valence-corrected chi connectivity index (χ4v) is 6.52. The minimum absolute atomic E-state index is 0.0145. The van der Waals surface area contributed by atoms with Crippen LogP contribution in [0.3, 0.4) is 0 Å². The van der Waals surface area contributed by atoms with Crippen molar-refractivity contribution in [1.82, 2.24) is 9.62 Å². The first-order chi connectivity index (χ1) is 16.6. The molecule has 0 saturated carbocycles. The molecule has 9 heteroatoms. The maximum Gasteiger partial charge on any atom is 0.243 e. The van der Waals surface area contributed by atoms with Gasteiger partial charge in [0, 0.05) is 64.0 Å². The number of hydrogen-bond donors (Lipinski definition) is 1. The molecule has 35 heavy (non-hydrogen) atoms. The van der Waals surface area contributed by atoms with Gasteiger partial charge in [-0.3, -0.25) is 9.59 Å². The van der Waals surface area contributed by atoms with E-state index >= 15 is 0 Å². The van der Waals surface area contributed by atoms with Gasteiger partial charge in [-0.25, -0.2) is 8.42 Å². The largest absolute Gasteiger partial charge is 0.378 e. The van der Waals surface area contributed by atoms with Gasteiger partial charge in [0.15, 0.2) is 0 Å². The Morgan fingerprint density at radius 2 is 1.71 bits per heavy atom. The second kappa shape index (κ2) is 9.99. The summed E-state index contributed by atoms with van der Waals surface area (Å²) in [6, 6.07) is 13.1. The predicted molar refractivity (Wildman–Crippen MR) is 137 cm³/mol. The van der Waals surface area contributed by atoms with Crippen molar-refractivity contribution in [3.63, 3.8) is 0 Å². The molecule has 0 bridgehead atoms. The van der Waals surface area contributed by atoms with E-state index in [2.05, 4.69) is 5.32 Å². The van der Waals surface area contributed by atoms with Crippen LogP contribution in [0.15, 0.2) is 47.4 Å². The van der Waals surface area contributed by atoms with Gasteiger partial charge in [0.1, 0.15) is 0 Å². The number of benzene rings is 2. The summed E-state index contributed by atoms with van der Waals surface area (Å²) in [6.45, 7) is 4.56. The van der Waals surface area contributed by atoms with Crippen LogP contribution in [0.2, 0.25) is 0 Å². The molecule has 1 atom stereocenters. The fraction of sp³-hybridized carbons (Fsp3) is 0.462. The molecule has 0 spiro atoms. The zero-order valence-corrected chi connectivity index (χ0v) is 21.6. The van der Waals surface area contributed by atoms with E-state index in [0.29, 0.717) is 38.9 Å². The average Bonchev–Trinajstić information content (AvgIpc) is 3.18. The molecule has 2 aliphatic rings.